The maximum atomic E-state index is 4.04. The van der Waals surface area contributed by atoms with E-state index < -0.39 is 0 Å². The highest BCUT2D eigenvalue weighted by Gasteiger charge is 2.02. The summed E-state index contributed by atoms with van der Waals surface area (Å²) in [6, 6.07) is 20.7. The fourth-order valence-electron chi connectivity index (χ4n) is 3.16. The van der Waals surface area contributed by atoms with Crippen molar-refractivity contribution in [3.8, 4) is 0 Å². The van der Waals surface area contributed by atoms with Crippen LogP contribution in [0.3, 0.4) is 0 Å². The molecule has 0 aliphatic rings. The summed E-state index contributed by atoms with van der Waals surface area (Å²) in [7, 11) is 0. The summed E-state index contributed by atoms with van der Waals surface area (Å²) in [6.07, 6.45) is 7.85. The van der Waals surface area contributed by atoms with E-state index in [-0.39, 0.29) is 0 Å². The third-order valence-electron chi connectivity index (χ3n) is 4.46. The molecule has 2 heterocycles. The number of H-pyrrole nitrogens is 1. The smallest absolute Gasteiger partial charge is 0.0456 e. The largest absolute Gasteiger partial charge is 0.385 e. The van der Waals surface area contributed by atoms with Crippen molar-refractivity contribution in [3.05, 3.63) is 84.8 Å². The first-order chi connectivity index (χ1) is 12.9. The molecule has 4 nitrogen and oxygen atoms in total. The lowest BCUT2D eigenvalue weighted by Gasteiger charge is -2.10. The fourth-order valence-corrected chi connectivity index (χ4v) is 3.16. The van der Waals surface area contributed by atoms with E-state index in [1.807, 2.05) is 12.1 Å². The van der Waals surface area contributed by atoms with Crippen LogP contribution in [0.1, 0.15) is 12.0 Å². The highest BCUT2D eigenvalue weighted by molar-refractivity contribution is 5.83. The van der Waals surface area contributed by atoms with E-state index in [2.05, 4.69) is 75.3 Å². The van der Waals surface area contributed by atoms with Gasteiger partial charge in [-0.1, -0.05) is 24.3 Å². The predicted octanol–water partition coefficient (Wildman–Crippen LogP) is 5.35. The summed E-state index contributed by atoms with van der Waals surface area (Å²) in [4.78, 5) is 7.38. The minimum absolute atomic E-state index is 0.943. The van der Waals surface area contributed by atoms with Crippen LogP contribution in [0.4, 0.5) is 17.1 Å². The number of nitrogens with one attached hydrogen (secondary N) is 3. The molecular weight excluding hydrogens is 320 g/mol. The molecule has 0 spiro atoms. The number of hydrogen-bond acceptors (Lipinski definition) is 3. The topological polar surface area (TPSA) is 52.7 Å². The Labute approximate surface area is 153 Å². The molecule has 0 amide bonds. The lowest BCUT2D eigenvalue weighted by molar-refractivity contribution is 0.868. The number of aromatic amines is 1. The highest BCUT2D eigenvalue weighted by Crippen LogP contribution is 2.21. The number of benzene rings is 2. The average Bonchev–Trinajstić information content (AvgIpc) is 3.10. The first-order valence-corrected chi connectivity index (χ1v) is 8.94. The second kappa shape index (κ2) is 7.74. The summed E-state index contributed by atoms with van der Waals surface area (Å²) in [6.45, 7) is 0.943. The zero-order chi connectivity index (χ0) is 17.6. The van der Waals surface area contributed by atoms with Gasteiger partial charge >= 0.3 is 0 Å². The van der Waals surface area contributed by atoms with E-state index >= 15 is 0 Å². The monoisotopic (exact) mass is 342 g/mol. The Morgan fingerprint density at radius 1 is 0.846 bits per heavy atom. The molecule has 4 aromatic rings. The molecule has 0 saturated heterocycles. The number of hydrogen-bond donors (Lipinski definition) is 3. The molecule has 26 heavy (non-hydrogen) atoms. The maximum absolute atomic E-state index is 4.04. The molecule has 0 unspecified atom stereocenters. The van der Waals surface area contributed by atoms with Gasteiger partial charge in [0.05, 0.1) is 0 Å². The number of pyridine rings is 1. The van der Waals surface area contributed by atoms with Crippen LogP contribution in [0.25, 0.3) is 10.9 Å². The minimum atomic E-state index is 0.943. The molecule has 3 N–H and O–H groups in total. The number of rotatable bonds is 7. The number of fused-ring (bicyclic) bond motifs is 1. The third kappa shape index (κ3) is 3.86. The number of para-hydroxylation sites is 1. The van der Waals surface area contributed by atoms with Crippen molar-refractivity contribution in [2.24, 2.45) is 0 Å². The van der Waals surface area contributed by atoms with Gasteiger partial charge in [-0.25, -0.2) is 0 Å². The SMILES string of the molecule is c1cc(NCCCc2c[nH]c3ccccc23)cc(Nc2ccncc2)c1. The zero-order valence-electron chi connectivity index (χ0n) is 14.6. The highest BCUT2D eigenvalue weighted by atomic mass is 14.9. The molecule has 0 aliphatic carbocycles. The molecule has 4 rings (SSSR count). The van der Waals surface area contributed by atoms with Crippen LogP contribution in [0.2, 0.25) is 0 Å². The second-order valence-corrected chi connectivity index (χ2v) is 6.33. The molecule has 0 atom stereocenters. The standard InChI is InChI=1S/C22H22N4/c1-2-9-22-21(8-1)17(16-25-22)5-4-12-24-19-6-3-7-20(15-19)26-18-10-13-23-14-11-18/h1-3,6-11,13-16,24-25H,4-5,12H2,(H,23,26). The van der Waals surface area contributed by atoms with Crippen molar-refractivity contribution in [2.75, 3.05) is 17.2 Å². The summed E-state index contributed by atoms with van der Waals surface area (Å²) in [5.74, 6) is 0. The molecule has 2 aromatic heterocycles. The lowest BCUT2D eigenvalue weighted by atomic mass is 10.1. The third-order valence-corrected chi connectivity index (χ3v) is 4.46. The predicted molar refractivity (Wildman–Crippen MR) is 109 cm³/mol. The Morgan fingerprint density at radius 2 is 1.69 bits per heavy atom. The van der Waals surface area contributed by atoms with Crippen molar-refractivity contribution in [3.63, 3.8) is 0 Å². The van der Waals surface area contributed by atoms with E-state index in [4.69, 9.17) is 0 Å². The van der Waals surface area contributed by atoms with Crippen LogP contribution in [0.5, 0.6) is 0 Å². The minimum Gasteiger partial charge on any atom is -0.385 e. The van der Waals surface area contributed by atoms with Gasteiger partial charge in [0.15, 0.2) is 0 Å². The van der Waals surface area contributed by atoms with Crippen LogP contribution < -0.4 is 10.6 Å². The molecule has 0 radical (unpaired) electrons. The van der Waals surface area contributed by atoms with Gasteiger partial charge in [-0.3, -0.25) is 4.98 Å². The van der Waals surface area contributed by atoms with Gasteiger partial charge in [0.25, 0.3) is 0 Å². The lowest BCUT2D eigenvalue weighted by Crippen LogP contribution is -2.03. The quantitative estimate of drug-likeness (QED) is 0.397. The molecule has 0 saturated carbocycles. The van der Waals surface area contributed by atoms with E-state index in [0.717, 1.165) is 36.4 Å². The second-order valence-electron chi connectivity index (χ2n) is 6.33. The van der Waals surface area contributed by atoms with Gasteiger partial charge < -0.3 is 15.6 Å². The van der Waals surface area contributed by atoms with Crippen LogP contribution in [-0.2, 0) is 6.42 Å². The first kappa shape index (κ1) is 16.2. The van der Waals surface area contributed by atoms with Gasteiger partial charge in [-0.2, -0.15) is 0 Å². The van der Waals surface area contributed by atoms with E-state index in [9.17, 15) is 0 Å². The van der Waals surface area contributed by atoms with Crippen molar-refractivity contribution in [2.45, 2.75) is 12.8 Å². The Kier molecular flexibility index (Phi) is 4.83. The van der Waals surface area contributed by atoms with Gasteiger partial charge in [-0.05, 0) is 54.8 Å². The Bertz CT molecular complexity index is 976. The van der Waals surface area contributed by atoms with Crippen LogP contribution in [0, 0.1) is 0 Å². The number of nitrogens with zero attached hydrogens (tertiary/aromatic N) is 1. The summed E-state index contributed by atoms with van der Waals surface area (Å²) in [5.41, 5.74) is 5.83. The van der Waals surface area contributed by atoms with Gasteiger partial charge in [0.1, 0.15) is 0 Å². The molecule has 4 heteroatoms. The van der Waals surface area contributed by atoms with Crippen LogP contribution >= 0.6 is 0 Å². The fraction of sp³-hybridized carbons (Fsp3) is 0.136. The Hall–Kier alpha value is -3.27. The van der Waals surface area contributed by atoms with Crippen molar-refractivity contribution in [1.82, 2.24) is 9.97 Å². The van der Waals surface area contributed by atoms with E-state index in [1.54, 1.807) is 12.4 Å². The summed E-state index contributed by atoms with van der Waals surface area (Å²) in [5, 5.41) is 8.24. The van der Waals surface area contributed by atoms with Crippen molar-refractivity contribution >= 4 is 28.0 Å². The summed E-state index contributed by atoms with van der Waals surface area (Å²) >= 11 is 0. The van der Waals surface area contributed by atoms with Crippen LogP contribution in [-0.4, -0.2) is 16.5 Å². The Balaban J connectivity index is 1.31. The molecule has 0 fully saturated rings. The molecular formula is C22H22N4. The maximum Gasteiger partial charge on any atom is 0.0456 e. The number of anilines is 3. The zero-order valence-corrected chi connectivity index (χ0v) is 14.6. The van der Waals surface area contributed by atoms with E-state index in [0.29, 0.717) is 0 Å². The van der Waals surface area contributed by atoms with Crippen LogP contribution in [0.15, 0.2) is 79.3 Å². The van der Waals surface area contributed by atoms with Gasteiger partial charge in [0, 0.05) is 53.1 Å². The van der Waals surface area contributed by atoms with Crippen molar-refractivity contribution in [1.29, 1.82) is 0 Å². The molecule has 0 bridgehead atoms. The molecule has 130 valence electrons. The van der Waals surface area contributed by atoms with Gasteiger partial charge in [-0.15, -0.1) is 0 Å². The number of aryl methyl sites for hydroxylation is 1. The Morgan fingerprint density at radius 3 is 2.62 bits per heavy atom. The van der Waals surface area contributed by atoms with Gasteiger partial charge in [0.2, 0.25) is 0 Å². The molecule has 0 aliphatic heterocycles. The average molecular weight is 342 g/mol. The van der Waals surface area contributed by atoms with E-state index in [1.165, 1.54) is 16.5 Å². The van der Waals surface area contributed by atoms with Crippen molar-refractivity contribution < 1.29 is 0 Å². The first-order valence-electron chi connectivity index (χ1n) is 8.94. The number of aromatic nitrogens is 2. The summed E-state index contributed by atoms with van der Waals surface area (Å²) < 4.78 is 0. The molecule has 2 aromatic carbocycles. The normalized spacial score (nSPS) is 10.8.